The van der Waals surface area contributed by atoms with Gasteiger partial charge in [0.2, 0.25) is 5.91 Å². The number of nitrogen functional groups attached to an aromatic ring is 1. The molecule has 1 aromatic rings. The van der Waals surface area contributed by atoms with Gasteiger partial charge in [-0.05, 0) is 12.5 Å². The van der Waals surface area contributed by atoms with Gasteiger partial charge in [0.05, 0.1) is 18.8 Å². The monoisotopic (exact) mass is 332 g/mol. The van der Waals surface area contributed by atoms with E-state index in [0.29, 0.717) is 0 Å². The lowest BCUT2D eigenvalue weighted by Gasteiger charge is -2.23. The Morgan fingerprint density at radius 3 is 2.91 bits per heavy atom. The fourth-order valence-electron chi connectivity index (χ4n) is 2.38. The molecule has 0 saturated carbocycles. The van der Waals surface area contributed by atoms with Crippen LogP contribution in [0, 0.1) is 0 Å². The van der Waals surface area contributed by atoms with E-state index in [2.05, 4.69) is 4.98 Å². The molecule has 1 amide bonds. The molecule has 1 fully saturated rings. The Balaban J connectivity index is 2.07. The molecular weight excluding hydrogens is 315 g/mol. The summed E-state index contributed by atoms with van der Waals surface area (Å²) in [7, 11) is -3.12. The van der Waals surface area contributed by atoms with Crippen LogP contribution in [0.15, 0.2) is 17.1 Å². The molecular formula is C11H17N4O6P. The largest absolute Gasteiger partial charge is 0.394 e. The highest BCUT2D eigenvalue weighted by atomic mass is 31.1. The van der Waals surface area contributed by atoms with Gasteiger partial charge in [0.25, 0.3) is 0 Å². The minimum absolute atomic E-state index is 0.0599. The maximum atomic E-state index is 12.3. The number of likely N-dealkylation sites (tertiary alicyclic amines) is 1. The number of anilines is 1. The summed E-state index contributed by atoms with van der Waals surface area (Å²) in [5.74, 6) is -0.360. The van der Waals surface area contributed by atoms with Crippen molar-refractivity contribution in [1.82, 2.24) is 14.5 Å². The van der Waals surface area contributed by atoms with Crippen LogP contribution in [0.3, 0.4) is 0 Å². The van der Waals surface area contributed by atoms with Crippen LogP contribution in [0.1, 0.15) is 6.42 Å². The van der Waals surface area contributed by atoms with Gasteiger partial charge in [0.15, 0.2) is 0 Å². The van der Waals surface area contributed by atoms with Crippen LogP contribution in [-0.4, -0.2) is 55.7 Å². The van der Waals surface area contributed by atoms with Gasteiger partial charge in [-0.1, -0.05) is 0 Å². The molecule has 10 nitrogen and oxygen atoms in total. The first-order chi connectivity index (χ1) is 10.4. The summed E-state index contributed by atoms with van der Waals surface area (Å²) in [6.07, 6.45) is 1.000. The topological polar surface area (TPSA) is 148 Å². The van der Waals surface area contributed by atoms with Crippen LogP contribution in [0.5, 0.6) is 0 Å². The molecule has 2 heterocycles. The van der Waals surface area contributed by atoms with Crippen LogP contribution in [0.4, 0.5) is 5.82 Å². The lowest BCUT2D eigenvalue weighted by Crippen LogP contribution is -2.41. The highest BCUT2D eigenvalue weighted by Crippen LogP contribution is 2.27. The van der Waals surface area contributed by atoms with Gasteiger partial charge in [0, 0.05) is 12.7 Å². The number of nitrogens with two attached hydrogens (primary N) is 1. The second kappa shape index (κ2) is 7.01. The zero-order valence-electron chi connectivity index (χ0n) is 11.6. The number of amides is 1. The van der Waals surface area contributed by atoms with Crippen molar-refractivity contribution >= 4 is 20.0 Å². The Kier molecular flexibility index (Phi) is 5.30. The molecule has 0 aromatic carbocycles. The fourth-order valence-corrected chi connectivity index (χ4v) is 2.84. The van der Waals surface area contributed by atoms with Crippen LogP contribution < -0.4 is 11.4 Å². The Bertz CT molecular complexity index is 635. The number of carbonyl (C=O) groups is 1. The van der Waals surface area contributed by atoms with E-state index in [1.54, 1.807) is 0 Å². The maximum Gasteiger partial charge on any atom is 0.349 e. The fraction of sp³-hybridized carbons (Fsp3) is 0.545. The van der Waals surface area contributed by atoms with Gasteiger partial charge in [-0.3, -0.25) is 13.9 Å². The van der Waals surface area contributed by atoms with Gasteiger partial charge in [-0.15, -0.1) is 0 Å². The minimum atomic E-state index is -3.12. The third-order valence-electron chi connectivity index (χ3n) is 3.38. The molecule has 0 spiro atoms. The number of hydrogen-bond donors (Lipinski definition) is 3. The van der Waals surface area contributed by atoms with Crippen molar-refractivity contribution in [3.63, 3.8) is 0 Å². The van der Waals surface area contributed by atoms with E-state index in [-0.39, 0.29) is 31.9 Å². The molecule has 4 N–H and O–H groups in total. The lowest BCUT2D eigenvalue weighted by atomic mass is 10.2. The number of aliphatic hydroxyl groups is 1. The second-order valence-corrected chi connectivity index (χ2v) is 5.65. The first-order valence-corrected chi connectivity index (χ1v) is 7.80. The average Bonchev–Trinajstić information content (AvgIpc) is 2.84. The Labute approximate surface area is 126 Å². The molecule has 0 bridgehead atoms. The first-order valence-electron chi connectivity index (χ1n) is 6.53. The van der Waals surface area contributed by atoms with Crippen molar-refractivity contribution in [2.45, 2.75) is 25.1 Å². The third kappa shape index (κ3) is 3.92. The van der Waals surface area contributed by atoms with E-state index in [4.69, 9.17) is 15.2 Å². The number of aliphatic hydroxyl groups excluding tert-OH is 1. The van der Waals surface area contributed by atoms with Gasteiger partial charge in [0.1, 0.15) is 12.4 Å². The number of aromatic nitrogens is 2. The molecule has 1 unspecified atom stereocenters. The summed E-state index contributed by atoms with van der Waals surface area (Å²) in [6, 6.07) is 0.878. The molecule has 3 atom stereocenters. The summed E-state index contributed by atoms with van der Waals surface area (Å²) in [5, 5.41) is 9.32. The van der Waals surface area contributed by atoms with Crippen molar-refractivity contribution in [3.05, 3.63) is 22.7 Å². The molecule has 11 heteroatoms. The van der Waals surface area contributed by atoms with Gasteiger partial charge < -0.3 is 25.2 Å². The number of hydrogen-bond acceptors (Lipinski definition) is 7. The Morgan fingerprint density at radius 2 is 2.32 bits per heavy atom. The quantitative estimate of drug-likeness (QED) is 0.534. The molecule has 1 aliphatic heterocycles. The summed E-state index contributed by atoms with van der Waals surface area (Å²) in [5.41, 5.74) is 4.72. The van der Waals surface area contributed by atoms with Crippen molar-refractivity contribution in [2.24, 2.45) is 0 Å². The summed E-state index contributed by atoms with van der Waals surface area (Å²) in [6.45, 7) is -0.478. The van der Waals surface area contributed by atoms with E-state index in [1.807, 2.05) is 0 Å². The molecule has 22 heavy (non-hydrogen) atoms. The molecule has 1 saturated heterocycles. The van der Waals surface area contributed by atoms with Crippen molar-refractivity contribution in [2.75, 3.05) is 18.9 Å². The van der Waals surface area contributed by atoms with E-state index in [0.717, 1.165) is 4.57 Å². The molecule has 0 radical (unpaired) electrons. The zero-order valence-corrected chi connectivity index (χ0v) is 12.6. The normalized spacial score (nSPS) is 22.7. The summed E-state index contributed by atoms with van der Waals surface area (Å²) >= 11 is 0. The molecule has 0 aliphatic carbocycles. The number of carbonyl (C=O) groups excluding carboxylic acids is 1. The number of nitrogens with zero attached hydrogens (tertiary/aromatic N) is 3. The number of rotatable bonds is 5. The van der Waals surface area contributed by atoms with Crippen LogP contribution in [0.2, 0.25) is 0 Å². The summed E-state index contributed by atoms with van der Waals surface area (Å²) in [4.78, 5) is 37.5. The van der Waals surface area contributed by atoms with Crippen LogP contribution in [0.25, 0.3) is 0 Å². The minimum Gasteiger partial charge on any atom is -0.394 e. The smallest absolute Gasteiger partial charge is 0.349 e. The zero-order chi connectivity index (χ0) is 16.3. The predicted molar refractivity (Wildman–Crippen MR) is 76.2 cm³/mol. The Morgan fingerprint density at radius 1 is 1.59 bits per heavy atom. The van der Waals surface area contributed by atoms with Crippen molar-refractivity contribution in [3.8, 4) is 0 Å². The maximum absolute atomic E-state index is 12.3. The van der Waals surface area contributed by atoms with Gasteiger partial charge in [-0.2, -0.15) is 4.98 Å². The van der Waals surface area contributed by atoms with Gasteiger partial charge >= 0.3 is 13.9 Å². The second-order valence-electron chi connectivity index (χ2n) is 4.89. The molecule has 1 aromatic heterocycles. The molecule has 1 aliphatic rings. The van der Waals surface area contributed by atoms with Gasteiger partial charge in [-0.25, -0.2) is 4.79 Å². The van der Waals surface area contributed by atoms with E-state index >= 15 is 0 Å². The van der Waals surface area contributed by atoms with E-state index in [9.17, 15) is 19.3 Å². The Hall–Kier alpha value is -1.74. The highest BCUT2D eigenvalue weighted by Gasteiger charge is 2.36. The standard InChI is InChI=1S/C11H17N4O6P/c12-9-1-2-14(11(18)13-9)5-10(17)15-4-8(21-22(19)20)3-7(15)6-16/h1-2,7-8,16,22H,3-6H2,(H,19,20)(H2,12,13,18)/t7-,8+/m0/s1. The molecule has 122 valence electrons. The average molecular weight is 332 g/mol. The van der Waals surface area contributed by atoms with Crippen LogP contribution in [-0.2, 0) is 20.4 Å². The first kappa shape index (κ1) is 16.6. The van der Waals surface area contributed by atoms with E-state index < -0.39 is 32.0 Å². The van der Waals surface area contributed by atoms with E-state index in [1.165, 1.54) is 17.2 Å². The van der Waals surface area contributed by atoms with Crippen LogP contribution >= 0.6 is 8.25 Å². The van der Waals surface area contributed by atoms with Crippen molar-refractivity contribution < 1.29 is 23.9 Å². The highest BCUT2D eigenvalue weighted by molar-refractivity contribution is 7.32. The third-order valence-corrected chi connectivity index (χ3v) is 3.91. The predicted octanol–water partition coefficient (Wildman–Crippen LogP) is -1.81. The summed E-state index contributed by atoms with van der Waals surface area (Å²) < 4.78 is 16.6. The molecule has 2 rings (SSSR count). The SMILES string of the molecule is Nc1ccn(CC(=O)N2C[C@H](O[PH](=O)O)C[C@H]2CO)c(=O)n1. The lowest BCUT2D eigenvalue weighted by molar-refractivity contribution is -0.133. The van der Waals surface area contributed by atoms with Crippen molar-refractivity contribution in [1.29, 1.82) is 0 Å².